The van der Waals surface area contributed by atoms with Gasteiger partial charge in [0.2, 0.25) is 5.91 Å². The first kappa shape index (κ1) is 19.2. The summed E-state index contributed by atoms with van der Waals surface area (Å²) in [7, 11) is 0. The van der Waals surface area contributed by atoms with Gasteiger partial charge in [0.1, 0.15) is 0 Å². The molecule has 8 nitrogen and oxygen atoms in total. The second-order valence-corrected chi connectivity index (χ2v) is 5.62. The van der Waals surface area contributed by atoms with E-state index in [0.29, 0.717) is 12.5 Å². The van der Waals surface area contributed by atoms with Crippen molar-refractivity contribution < 1.29 is 24.6 Å². The third-order valence-electron chi connectivity index (χ3n) is 2.51. The van der Waals surface area contributed by atoms with E-state index in [9.17, 15) is 19.5 Å². The van der Waals surface area contributed by atoms with Crippen LogP contribution in [0.15, 0.2) is 0 Å². The molecule has 21 heavy (non-hydrogen) atoms. The standard InChI is InChI=1S/C13H25N3O5/c1-9(2)7-15-10(17)4-5-14-12(20)16-8-13(3,21)6-11(18)19/h9,21H,4-8H2,1-3H3,(H,15,17)(H,18,19)(H2,14,16,20). The number of aliphatic hydroxyl groups is 1. The van der Waals surface area contributed by atoms with Crippen LogP contribution in [0.25, 0.3) is 0 Å². The largest absolute Gasteiger partial charge is 0.481 e. The zero-order valence-corrected chi connectivity index (χ0v) is 12.7. The van der Waals surface area contributed by atoms with E-state index in [1.807, 2.05) is 13.8 Å². The van der Waals surface area contributed by atoms with Crippen LogP contribution in [0.3, 0.4) is 0 Å². The number of carboxylic acids is 1. The van der Waals surface area contributed by atoms with Crippen molar-refractivity contribution in [3.8, 4) is 0 Å². The molecule has 8 heteroatoms. The Bertz CT molecular complexity index is 369. The van der Waals surface area contributed by atoms with Crippen molar-refractivity contribution in [1.29, 1.82) is 0 Å². The summed E-state index contributed by atoms with van der Waals surface area (Å²) < 4.78 is 0. The average molecular weight is 303 g/mol. The van der Waals surface area contributed by atoms with Gasteiger partial charge >= 0.3 is 12.0 Å². The van der Waals surface area contributed by atoms with Crippen LogP contribution in [0.1, 0.15) is 33.6 Å². The summed E-state index contributed by atoms with van der Waals surface area (Å²) in [5, 5.41) is 25.8. The van der Waals surface area contributed by atoms with Crippen LogP contribution in [0.2, 0.25) is 0 Å². The minimum Gasteiger partial charge on any atom is -0.481 e. The maximum atomic E-state index is 11.4. The quantitative estimate of drug-likeness (QED) is 0.398. The molecule has 0 spiro atoms. The molecule has 1 unspecified atom stereocenters. The molecule has 0 rings (SSSR count). The highest BCUT2D eigenvalue weighted by Crippen LogP contribution is 2.06. The molecule has 0 radical (unpaired) electrons. The van der Waals surface area contributed by atoms with Crippen molar-refractivity contribution >= 4 is 17.9 Å². The lowest BCUT2D eigenvalue weighted by Gasteiger charge is -2.21. The van der Waals surface area contributed by atoms with Crippen molar-refractivity contribution in [2.75, 3.05) is 19.6 Å². The van der Waals surface area contributed by atoms with Gasteiger partial charge < -0.3 is 26.2 Å². The number of rotatable bonds is 9. The molecule has 1 atom stereocenters. The molecule has 0 aliphatic rings. The predicted octanol–water partition coefficient (Wildman–Crippen LogP) is -0.326. The van der Waals surface area contributed by atoms with Gasteiger partial charge in [0, 0.05) is 26.1 Å². The average Bonchev–Trinajstić information content (AvgIpc) is 2.32. The first-order valence-electron chi connectivity index (χ1n) is 6.85. The maximum Gasteiger partial charge on any atom is 0.314 e. The van der Waals surface area contributed by atoms with Gasteiger partial charge in [-0.2, -0.15) is 0 Å². The van der Waals surface area contributed by atoms with Gasteiger partial charge in [-0.3, -0.25) is 9.59 Å². The van der Waals surface area contributed by atoms with E-state index in [1.165, 1.54) is 6.92 Å². The maximum absolute atomic E-state index is 11.4. The number of urea groups is 1. The monoisotopic (exact) mass is 303 g/mol. The molecular weight excluding hydrogens is 278 g/mol. The third-order valence-corrected chi connectivity index (χ3v) is 2.51. The molecule has 0 bridgehead atoms. The minimum absolute atomic E-state index is 0.151. The molecule has 0 aliphatic carbocycles. The van der Waals surface area contributed by atoms with Crippen LogP contribution in [-0.4, -0.2) is 53.4 Å². The van der Waals surface area contributed by atoms with Crippen LogP contribution >= 0.6 is 0 Å². The molecule has 0 aliphatic heterocycles. The fraction of sp³-hybridized carbons (Fsp3) is 0.769. The van der Waals surface area contributed by atoms with Gasteiger partial charge in [0.25, 0.3) is 0 Å². The Morgan fingerprint density at radius 1 is 1.14 bits per heavy atom. The fourth-order valence-electron chi connectivity index (χ4n) is 1.42. The van der Waals surface area contributed by atoms with Crippen molar-refractivity contribution in [3.05, 3.63) is 0 Å². The minimum atomic E-state index is -1.52. The molecule has 122 valence electrons. The summed E-state index contributed by atoms with van der Waals surface area (Å²) in [6.45, 7) is 5.84. The van der Waals surface area contributed by atoms with E-state index in [4.69, 9.17) is 5.11 Å². The van der Waals surface area contributed by atoms with Crippen LogP contribution in [-0.2, 0) is 9.59 Å². The van der Waals surface area contributed by atoms with Gasteiger partial charge in [-0.25, -0.2) is 4.79 Å². The highest BCUT2D eigenvalue weighted by molar-refractivity contribution is 5.78. The van der Waals surface area contributed by atoms with Gasteiger partial charge in [0.05, 0.1) is 12.0 Å². The normalized spacial score (nSPS) is 13.4. The molecule has 0 aromatic carbocycles. The third kappa shape index (κ3) is 11.7. The molecule has 3 amide bonds. The van der Waals surface area contributed by atoms with Crippen LogP contribution in [0, 0.1) is 5.92 Å². The topological polar surface area (TPSA) is 128 Å². The highest BCUT2D eigenvalue weighted by atomic mass is 16.4. The van der Waals surface area contributed by atoms with Crippen molar-refractivity contribution in [2.24, 2.45) is 5.92 Å². The number of aliphatic carboxylic acids is 1. The second-order valence-electron chi connectivity index (χ2n) is 5.62. The Labute approximate surface area is 124 Å². The fourth-order valence-corrected chi connectivity index (χ4v) is 1.42. The number of carbonyl (C=O) groups excluding carboxylic acids is 2. The van der Waals surface area contributed by atoms with Crippen molar-refractivity contribution in [3.63, 3.8) is 0 Å². The number of nitrogens with one attached hydrogen (secondary N) is 3. The van der Waals surface area contributed by atoms with E-state index >= 15 is 0 Å². The summed E-state index contributed by atoms with van der Waals surface area (Å²) in [5.41, 5.74) is -1.52. The van der Waals surface area contributed by atoms with Crippen LogP contribution < -0.4 is 16.0 Å². The SMILES string of the molecule is CC(C)CNC(=O)CCNC(=O)NCC(C)(O)CC(=O)O. The summed E-state index contributed by atoms with van der Waals surface area (Å²) in [6, 6.07) is -0.558. The van der Waals surface area contributed by atoms with E-state index in [1.54, 1.807) is 0 Å². The molecule has 0 heterocycles. The predicted molar refractivity (Wildman–Crippen MR) is 76.7 cm³/mol. The Morgan fingerprint density at radius 3 is 2.29 bits per heavy atom. The summed E-state index contributed by atoms with van der Waals surface area (Å²) in [4.78, 5) is 33.3. The Hall–Kier alpha value is -1.83. The zero-order chi connectivity index (χ0) is 16.5. The van der Waals surface area contributed by atoms with E-state index in [2.05, 4.69) is 16.0 Å². The molecule has 5 N–H and O–H groups in total. The number of carboxylic acid groups (broad SMARTS) is 1. The molecule has 0 saturated carbocycles. The van der Waals surface area contributed by atoms with Crippen LogP contribution in [0.4, 0.5) is 4.79 Å². The smallest absolute Gasteiger partial charge is 0.314 e. The first-order valence-corrected chi connectivity index (χ1v) is 6.85. The molecule has 0 saturated heterocycles. The van der Waals surface area contributed by atoms with Gasteiger partial charge in [-0.15, -0.1) is 0 Å². The number of hydrogen-bond donors (Lipinski definition) is 5. The Morgan fingerprint density at radius 2 is 1.76 bits per heavy atom. The molecular formula is C13H25N3O5. The zero-order valence-electron chi connectivity index (χ0n) is 12.7. The van der Waals surface area contributed by atoms with E-state index < -0.39 is 24.0 Å². The number of carbonyl (C=O) groups is 3. The lowest BCUT2D eigenvalue weighted by atomic mass is 10.0. The van der Waals surface area contributed by atoms with Gasteiger partial charge in [0.15, 0.2) is 0 Å². The van der Waals surface area contributed by atoms with Crippen molar-refractivity contribution in [1.82, 2.24) is 16.0 Å². The first-order chi connectivity index (χ1) is 9.62. The summed E-state index contributed by atoms with van der Waals surface area (Å²) >= 11 is 0. The van der Waals surface area contributed by atoms with Crippen molar-refractivity contribution in [2.45, 2.75) is 39.2 Å². The van der Waals surface area contributed by atoms with Crippen LogP contribution in [0.5, 0.6) is 0 Å². The van der Waals surface area contributed by atoms with E-state index in [0.717, 1.165) is 0 Å². The molecule has 0 fully saturated rings. The number of hydrogen-bond acceptors (Lipinski definition) is 4. The van der Waals surface area contributed by atoms with Gasteiger partial charge in [-0.1, -0.05) is 13.8 Å². The lowest BCUT2D eigenvalue weighted by molar-refractivity contribution is -0.141. The Kier molecular flexibility index (Phi) is 8.37. The number of amides is 3. The second kappa shape index (κ2) is 9.17. The highest BCUT2D eigenvalue weighted by Gasteiger charge is 2.24. The van der Waals surface area contributed by atoms with E-state index in [-0.39, 0.29) is 25.4 Å². The Balaban J connectivity index is 3.81. The summed E-state index contributed by atoms with van der Waals surface area (Å²) in [5.74, 6) is -0.937. The van der Waals surface area contributed by atoms with Gasteiger partial charge in [-0.05, 0) is 12.8 Å². The lowest BCUT2D eigenvalue weighted by Crippen LogP contribution is -2.46. The summed E-state index contributed by atoms with van der Waals surface area (Å²) in [6.07, 6.45) is -0.309. The molecule has 0 aromatic heterocycles. The molecule has 0 aromatic rings.